The highest BCUT2D eigenvalue weighted by atomic mass is 35.5. The Morgan fingerprint density at radius 3 is 2.45 bits per heavy atom. The van der Waals surface area contributed by atoms with Crippen molar-refractivity contribution in [2.75, 3.05) is 5.32 Å². The molecule has 0 aromatic heterocycles. The maximum absolute atomic E-state index is 12.0. The third-order valence-electron chi connectivity index (χ3n) is 3.25. The predicted molar refractivity (Wildman–Crippen MR) is 86.5 cm³/mol. The van der Waals surface area contributed by atoms with Crippen molar-refractivity contribution in [3.8, 4) is 0 Å². The van der Waals surface area contributed by atoms with E-state index in [2.05, 4.69) is 5.32 Å². The highest BCUT2D eigenvalue weighted by Gasteiger charge is 2.13. The Labute approximate surface area is 133 Å². The zero-order valence-corrected chi connectivity index (χ0v) is 12.9. The summed E-state index contributed by atoms with van der Waals surface area (Å²) in [6.45, 7) is 2.00. The molecule has 2 aromatic rings. The average molecular weight is 318 g/mol. The number of aromatic carboxylic acids is 1. The molecule has 0 aliphatic heterocycles. The summed E-state index contributed by atoms with van der Waals surface area (Å²) in [6, 6.07) is 12.2. The van der Waals surface area contributed by atoms with Gasteiger partial charge in [0, 0.05) is 11.4 Å². The van der Waals surface area contributed by atoms with Crippen LogP contribution in [0.25, 0.3) is 0 Å². The molecule has 0 aliphatic rings. The molecule has 0 spiro atoms. The largest absolute Gasteiger partial charge is 0.478 e. The third-order valence-corrected chi connectivity index (χ3v) is 3.48. The minimum Gasteiger partial charge on any atom is -0.478 e. The number of carboxylic acids is 1. The van der Waals surface area contributed by atoms with Gasteiger partial charge in [-0.3, -0.25) is 4.79 Å². The second-order valence-corrected chi connectivity index (χ2v) is 5.47. The van der Waals surface area contributed by atoms with Gasteiger partial charge in [0.15, 0.2) is 0 Å². The number of benzene rings is 2. The first kappa shape index (κ1) is 16.0. The highest BCUT2D eigenvalue weighted by molar-refractivity contribution is 6.31. The molecule has 0 atom stereocenters. The van der Waals surface area contributed by atoms with Gasteiger partial charge in [0.05, 0.1) is 11.3 Å². The molecule has 114 valence electrons. The van der Waals surface area contributed by atoms with Crippen molar-refractivity contribution in [3.05, 3.63) is 64.2 Å². The van der Waals surface area contributed by atoms with E-state index < -0.39 is 5.97 Å². The van der Waals surface area contributed by atoms with Crippen molar-refractivity contribution in [2.24, 2.45) is 0 Å². The summed E-state index contributed by atoms with van der Waals surface area (Å²) in [5.74, 6) is -1.35. The number of anilines is 1. The number of carbonyl (C=O) groups excluding carboxylic acids is 1. The Morgan fingerprint density at radius 1 is 1.14 bits per heavy atom. The van der Waals surface area contributed by atoms with Crippen LogP contribution < -0.4 is 5.32 Å². The van der Waals surface area contributed by atoms with E-state index in [1.54, 1.807) is 0 Å². The lowest BCUT2D eigenvalue weighted by atomic mass is 10.1. The van der Waals surface area contributed by atoms with Crippen LogP contribution in [0.15, 0.2) is 42.5 Å². The summed E-state index contributed by atoms with van der Waals surface area (Å²) in [5.41, 5.74) is 2.46. The third kappa shape index (κ3) is 4.33. The van der Waals surface area contributed by atoms with Crippen molar-refractivity contribution in [1.29, 1.82) is 0 Å². The van der Waals surface area contributed by atoms with Crippen LogP contribution in [0.1, 0.15) is 27.9 Å². The van der Waals surface area contributed by atoms with Crippen LogP contribution in [0.5, 0.6) is 0 Å². The number of hydrogen-bond donors (Lipinski definition) is 2. The van der Waals surface area contributed by atoms with Gasteiger partial charge in [-0.15, -0.1) is 0 Å². The fraction of sp³-hybridized carbons (Fsp3) is 0.176. The van der Waals surface area contributed by atoms with Crippen LogP contribution in [0.2, 0.25) is 5.02 Å². The number of amides is 1. The predicted octanol–water partition coefficient (Wildman–Crippen LogP) is 3.92. The number of nitrogens with one attached hydrogen (secondary N) is 1. The van der Waals surface area contributed by atoms with Crippen LogP contribution in [0.3, 0.4) is 0 Å². The number of rotatable bonds is 5. The van der Waals surface area contributed by atoms with Crippen LogP contribution in [0.4, 0.5) is 5.69 Å². The van der Waals surface area contributed by atoms with E-state index >= 15 is 0 Å². The topological polar surface area (TPSA) is 66.4 Å². The van der Waals surface area contributed by atoms with Crippen LogP contribution in [0, 0.1) is 6.92 Å². The molecular formula is C17H16ClNO3. The zero-order chi connectivity index (χ0) is 16.1. The minimum absolute atomic E-state index is 0.0214. The monoisotopic (exact) mass is 317 g/mol. The molecule has 0 heterocycles. The molecule has 1 amide bonds. The van der Waals surface area contributed by atoms with Gasteiger partial charge >= 0.3 is 5.97 Å². The normalized spacial score (nSPS) is 10.3. The second kappa shape index (κ2) is 7.09. The summed E-state index contributed by atoms with van der Waals surface area (Å²) in [4.78, 5) is 23.1. The van der Waals surface area contributed by atoms with Crippen LogP contribution in [-0.4, -0.2) is 17.0 Å². The van der Waals surface area contributed by atoms with Crippen LogP contribution in [-0.2, 0) is 11.2 Å². The van der Waals surface area contributed by atoms with Gasteiger partial charge in [0.25, 0.3) is 0 Å². The lowest BCUT2D eigenvalue weighted by Crippen LogP contribution is -2.15. The Hall–Kier alpha value is -2.33. The minimum atomic E-state index is -1.11. The van der Waals surface area contributed by atoms with E-state index in [4.69, 9.17) is 16.7 Å². The second-order valence-electron chi connectivity index (χ2n) is 5.03. The van der Waals surface area contributed by atoms with Gasteiger partial charge in [0.2, 0.25) is 5.91 Å². The Bertz CT molecular complexity index is 696. The number of carboxylic acid groups (broad SMARTS) is 1. The van der Waals surface area contributed by atoms with E-state index in [1.165, 1.54) is 23.8 Å². The molecule has 0 bridgehead atoms. The summed E-state index contributed by atoms with van der Waals surface area (Å²) in [6.07, 6.45) is 0.865. The molecule has 0 radical (unpaired) electrons. The van der Waals surface area contributed by atoms with E-state index in [9.17, 15) is 9.59 Å². The lowest BCUT2D eigenvalue weighted by Gasteiger charge is -2.09. The summed E-state index contributed by atoms with van der Waals surface area (Å²) in [7, 11) is 0. The number of hydrogen-bond acceptors (Lipinski definition) is 2. The Balaban J connectivity index is 2.01. The zero-order valence-electron chi connectivity index (χ0n) is 12.1. The first-order chi connectivity index (χ1) is 10.5. The molecule has 2 aromatic carbocycles. The first-order valence-electron chi connectivity index (χ1n) is 6.84. The van der Waals surface area contributed by atoms with Gasteiger partial charge in [-0.1, -0.05) is 41.4 Å². The number of carbonyl (C=O) groups is 2. The molecule has 4 nitrogen and oxygen atoms in total. The summed E-state index contributed by atoms with van der Waals surface area (Å²) < 4.78 is 0. The van der Waals surface area contributed by atoms with Crippen molar-refractivity contribution < 1.29 is 14.7 Å². The molecule has 2 N–H and O–H groups in total. The van der Waals surface area contributed by atoms with Crippen molar-refractivity contribution in [2.45, 2.75) is 19.8 Å². The molecule has 0 unspecified atom stereocenters. The molecule has 0 fully saturated rings. The molecule has 0 aliphatic carbocycles. The maximum Gasteiger partial charge on any atom is 0.337 e. The Morgan fingerprint density at radius 2 is 1.82 bits per heavy atom. The SMILES string of the molecule is Cc1ccc(CCC(=O)Nc2cc(Cl)ccc2C(=O)O)cc1. The molecule has 22 heavy (non-hydrogen) atoms. The van der Waals surface area contributed by atoms with E-state index in [-0.39, 0.29) is 23.6 Å². The molecule has 0 saturated carbocycles. The van der Waals surface area contributed by atoms with E-state index in [0.29, 0.717) is 11.4 Å². The molecular weight excluding hydrogens is 302 g/mol. The van der Waals surface area contributed by atoms with Crippen molar-refractivity contribution >= 4 is 29.2 Å². The molecule has 0 saturated heterocycles. The summed E-state index contributed by atoms with van der Waals surface area (Å²) >= 11 is 5.85. The van der Waals surface area contributed by atoms with Crippen LogP contribution >= 0.6 is 11.6 Å². The van der Waals surface area contributed by atoms with Crippen molar-refractivity contribution in [3.63, 3.8) is 0 Å². The van der Waals surface area contributed by atoms with E-state index in [1.807, 2.05) is 31.2 Å². The number of aryl methyl sites for hydroxylation is 2. The highest BCUT2D eigenvalue weighted by Crippen LogP contribution is 2.21. The fourth-order valence-corrected chi connectivity index (χ4v) is 2.20. The first-order valence-corrected chi connectivity index (χ1v) is 7.22. The van der Waals surface area contributed by atoms with Gasteiger partial charge in [0.1, 0.15) is 0 Å². The van der Waals surface area contributed by atoms with Crippen molar-refractivity contribution in [1.82, 2.24) is 0 Å². The number of halogens is 1. The standard InChI is InChI=1S/C17H16ClNO3/c1-11-2-4-12(5-3-11)6-9-16(20)19-15-10-13(18)7-8-14(15)17(21)22/h2-5,7-8,10H,6,9H2,1H3,(H,19,20)(H,21,22). The van der Waals surface area contributed by atoms with Gasteiger partial charge in [-0.2, -0.15) is 0 Å². The fourth-order valence-electron chi connectivity index (χ4n) is 2.03. The van der Waals surface area contributed by atoms with Gasteiger partial charge in [-0.25, -0.2) is 4.79 Å². The maximum atomic E-state index is 12.0. The average Bonchev–Trinajstić information content (AvgIpc) is 2.46. The molecule has 5 heteroatoms. The summed E-state index contributed by atoms with van der Waals surface area (Å²) in [5, 5.41) is 12.1. The van der Waals surface area contributed by atoms with Gasteiger partial charge in [-0.05, 0) is 37.1 Å². The molecule has 2 rings (SSSR count). The Kier molecular flexibility index (Phi) is 5.17. The van der Waals surface area contributed by atoms with E-state index in [0.717, 1.165) is 5.56 Å². The lowest BCUT2D eigenvalue weighted by molar-refractivity contribution is -0.116. The quantitative estimate of drug-likeness (QED) is 0.878. The smallest absolute Gasteiger partial charge is 0.337 e. The van der Waals surface area contributed by atoms with Gasteiger partial charge < -0.3 is 10.4 Å².